The number of ether oxygens (including phenoxy) is 2. The number of nitrogens with zero attached hydrogens (tertiary/aromatic N) is 1. The molecule has 0 saturated heterocycles. The molecule has 2 aromatic carbocycles. The molecule has 1 aliphatic rings. The molecule has 2 aromatic rings. The maximum Gasteiger partial charge on any atom is 0.319 e. The van der Waals surface area contributed by atoms with Crippen LogP contribution in [0.25, 0.3) is 0 Å². The van der Waals surface area contributed by atoms with Crippen molar-refractivity contribution in [3.63, 3.8) is 0 Å². The Balaban J connectivity index is 1.39. The molecule has 0 saturated carbocycles. The maximum absolute atomic E-state index is 11.9. The molecule has 0 aromatic heterocycles. The van der Waals surface area contributed by atoms with Crippen molar-refractivity contribution in [3.8, 4) is 11.5 Å². The number of urea groups is 1. The molecule has 1 heterocycles. The van der Waals surface area contributed by atoms with Crippen molar-refractivity contribution in [2.75, 3.05) is 37.6 Å². The van der Waals surface area contributed by atoms with Crippen LogP contribution in [0, 0.1) is 0 Å². The highest BCUT2D eigenvalue weighted by Gasteiger charge is 2.13. The third-order valence-corrected chi connectivity index (χ3v) is 4.01. The van der Waals surface area contributed by atoms with Gasteiger partial charge in [-0.05, 0) is 42.7 Å². The minimum Gasteiger partial charge on any atom is -0.454 e. The monoisotopic (exact) mass is 341 g/mol. The van der Waals surface area contributed by atoms with Crippen molar-refractivity contribution >= 4 is 17.4 Å². The highest BCUT2D eigenvalue weighted by atomic mass is 16.7. The van der Waals surface area contributed by atoms with Gasteiger partial charge in [0.25, 0.3) is 0 Å². The fourth-order valence-corrected chi connectivity index (χ4v) is 2.60. The lowest BCUT2D eigenvalue weighted by molar-refractivity contribution is 0.174. The second-order valence-electron chi connectivity index (χ2n) is 6.11. The van der Waals surface area contributed by atoms with E-state index in [-0.39, 0.29) is 12.8 Å². The largest absolute Gasteiger partial charge is 0.454 e. The van der Waals surface area contributed by atoms with Crippen LogP contribution >= 0.6 is 0 Å². The lowest BCUT2D eigenvalue weighted by Crippen LogP contribution is -2.29. The molecule has 0 fully saturated rings. The first-order chi connectivity index (χ1) is 12.1. The Bertz CT molecular complexity index is 729. The minimum atomic E-state index is -0.221. The standard InChI is InChI=1S/C19H23N3O3/c1-22(2)16-8-5-14(6-9-16)4-3-11-20-19(23)21-15-7-10-17-18(12-15)25-13-24-17/h5-10,12H,3-4,11,13H2,1-2H3,(H2,20,21,23). The zero-order valence-corrected chi connectivity index (χ0v) is 14.5. The van der Waals surface area contributed by atoms with Crippen molar-refractivity contribution < 1.29 is 14.3 Å². The van der Waals surface area contributed by atoms with Gasteiger partial charge in [-0.3, -0.25) is 0 Å². The summed E-state index contributed by atoms with van der Waals surface area (Å²) in [4.78, 5) is 14.0. The molecule has 0 unspecified atom stereocenters. The number of hydrogen-bond acceptors (Lipinski definition) is 4. The van der Waals surface area contributed by atoms with Gasteiger partial charge >= 0.3 is 6.03 Å². The second kappa shape index (κ2) is 7.79. The van der Waals surface area contributed by atoms with Gasteiger partial charge in [-0.2, -0.15) is 0 Å². The van der Waals surface area contributed by atoms with Crippen molar-refractivity contribution in [1.82, 2.24) is 5.32 Å². The van der Waals surface area contributed by atoms with E-state index in [0.29, 0.717) is 23.7 Å². The fraction of sp³-hybridized carbons (Fsp3) is 0.316. The van der Waals surface area contributed by atoms with Gasteiger partial charge in [0.2, 0.25) is 6.79 Å². The topological polar surface area (TPSA) is 62.8 Å². The summed E-state index contributed by atoms with van der Waals surface area (Å²) < 4.78 is 10.5. The number of amides is 2. The van der Waals surface area contributed by atoms with E-state index in [0.717, 1.165) is 12.8 Å². The number of carbonyl (C=O) groups is 1. The van der Waals surface area contributed by atoms with Gasteiger partial charge in [0.1, 0.15) is 0 Å². The van der Waals surface area contributed by atoms with Crippen LogP contribution in [0.4, 0.5) is 16.2 Å². The first-order valence-corrected chi connectivity index (χ1v) is 8.32. The summed E-state index contributed by atoms with van der Waals surface area (Å²) in [5.41, 5.74) is 3.13. The third-order valence-electron chi connectivity index (χ3n) is 4.01. The number of hydrogen-bond donors (Lipinski definition) is 2. The molecule has 0 spiro atoms. The Labute approximate surface area is 147 Å². The molecular formula is C19H23N3O3. The first kappa shape index (κ1) is 17.0. The normalized spacial score (nSPS) is 11.9. The van der Waals surface area contributed by atoms with Crippen LogP contribution in [0.3, 0.4) is 0 Å². The smallest absolute Gasteiger partial charge is 0.319 e. The van der Waals surface area contributed by atoms with Gasteiger partial charge in [-0.25, -0.2) is 4.79 Å². The van der Waals surface area contributed by atoms with E-state index in [1.807, 2.05) is 14.1 Å². The molecular weight excluding hydrogens is 318 g/mol. The lowest BCUT2D eigenvalue weighted by atomic mass is 10.1. The van der Waals surface area contributed by atoms with Gasteiger partial charge in [-0.15, -0.1) is 0 Å². The Morgan fingerprint density at radius 3 is 2.60 bits per heavy atom. The minimum absolute atomic E-state index is 0.221. The Morgan fingerprint density at radius 1 is 1.08 bits per heavy atom. The number of benzene rings is 2. The number of nitrogens with one attached hydrogen (secondary N) is 2. The molecule has 0 bridgehead atoms. The summed E-state index contributed by atoms with van der Waals surface area (Å²) in [5, 5.41) is 5.67. The number of fused-ring (bicyclic) bond motifs is 1. The van der Waals surface area contributed by atoms with Crippen LogP contribution in [0.2, 0.25) is 0 Å². The first-order valence-electron chi connectivity index (χ1n) is 8.32. The zero-order chi connectivity index (χ0) is 17.6. The van der Waals surface area contributed by atoms with E-state index < -0.39 is 0 Å². The second-order valence-corrected chi connectivity index (χ2v) is 6.11. The number of rotatable bonds is 6. The molecule has 6 nitrogen and oxygen atoms in total. The molecule has 132 valence electrons. The average molecular weight is 341 g/mol. The summed E-state index contributed by atoms with van der Waals surface area (Å²) in [6.45, 7) is 0.840. The van der Waals surface area contributed by atoms with Gasteiger partial charge in [-0.1, -0.05) is 12.1 Å². The van der Waals surface area contributed by atoms with Crippen LogP contribution in [0.5, 0.6) is 11.5 Å². The Morgan fingerprint density at radius 2 is 1.84 bits per heavy atom. The fourth-order valence-electron chi connectivity index (χ4n) is 2.60. The van der Waals surface area contributed by atoms with Crippen LogP contribution in [-0.2, 0) is 6.42 Å². The molecule has 3 rings (SSSR count). The van der Waals surface area contributed by atoms with E-state index in [1.54, 1.807) is 18.2 Å². The predicted molar refractivity (Wildman–Crippen MR) is 98.7 cm³/mol. The number of anilines is 2. The van der Waals surface area contributed by atoms with Crippen LogP contribution in [0.15, 0.2) is 42.5 Å². The van der Waals surface area contributed by atoms with E-state index in [2.05, 4.69) is 39.8 Å². The van der Waals surface area contributed by atoms with Crippen molar-refractivity contribution in [2.45, 2.75) is 12.8 Å². The zero-order valence-electron chi connectivity index (χ0n) is 14.5. The van der Waals surface area contributed by atoms with Crippen molar-refractivity contribution in [1.29, 1.82) is 0 Å². The van der Waals surface area contributed by atoms with E-state index in [1.165, 1.54) is 11.3 Å². The Kier molecular flexibility index (Phi) is 5.28. The highest BCUT2D eigenvalue weighted by molar-refractivity contribution is 5.89. The molecule has 6 heteroatoms. The van der Waals surface area contributed by atoms with E-state index in [4.69, 9.17) is 9.47 Å². The van der Waals surface area contributed by atoms with E-state index in [9.17, 15) is 4.79 Å². The van der Waals surface area contributed by atoms with Crippen LogP contribution in [-0.4, -0.2) is 33.5 Å². The summed E-state index contributed by atoms with van der Waals surface area (Å²) in [6, 6.07) is 13.6. The lowest BCUT2D eigenvalue weighted by Gasteiger charge is -2.12. The predicted octanol–water partition coefficient (Wildman–Crippen LogP) is 3.24. The summed E-state index contributed by atoms with van der Waals surface area (Å²) in [7, 11) is 4.05. The molecule has 1 aliphatic heterocycles. The molecule has 0 aliphatic carbocycles. The van der Waals surface area contributed by atoms with Gasteiger partial charge in [0.15, 0.2) is 11.5 Å². The van der Waals surface area contributed by atoms with Crippen LogP contribution in [0.1, 0.15) is 12.0 Å². The Hall–Kier alpha value is -2.89. The SMILES string of the molecule is CN(C)c1ccc(CCCNC(=O)Nc2ccc3c(c2)OCO3)cc1. The summed E-state index contributed by atoms with van der Waals surface area (Å²) in [5.74, 6) is 1.35. The molecule has 0 radical (unpaired) electrons. The molecule has 2 amide bonds. The van der Waals surface area contributed by atoms with Gasteiger partial charge < -0.3 is 25.0 Å². The van der Waals surface area contributed by atoms with Crippen molar-refractivity contribution in [2.24, 2.45) is 0 Å². The number of carbonyl (C=O) groups excluding carboxylic acids is 1. The van der Waals surface area contributed by atoms with Gasteiger partial charge in [0.05, 0.1) is 0 Å². The average Bonchev–Trinajstić information content (AvgIpc) is 3.07. The quantitative estimate of drug-likeness (QED) is 0.792. The van der Waals surface area contributed by atoms with Gasteiger partial charge in [0, 0.05) is 38.1 Å². The summed E-state index contributed by atoms with van der Waals surface area (Å²) in [6.07, 6.45) is 1.81. The maximum atomic E-state index is 11.9. The summed E-state index contributed by atoms with van der Waals surface area (Å²) >= 11 is 0. The van der Waals surface area contributed by atoms with Crippen molar-refractivity contribution in [3.05, 3.63) is 48.0 Å². The molecule has 0 atom stereocenters. The van der Waals surface area contributed by atoms with Crippen LogP contribution < -0.4 is 25.0 Å². The highest BCUT2D eigenvalue weighted by Crippen LogP contribution is 2.34. The molecule has 2 N–H and O–H groups in total. The third kappa shape index (κ3) is 4.56. The number of aryl methyl sites for hydroxylation is 1. The molecule has 25 heavy (non-hydrogen) atoms. The van der Waals surface area contributed by atoms with E-state index >= 15 is 0 Å².